The van der Waals surface area contributed by atoms with Gasteiger partial charge in [0.1, 0.15) is 5.75 Å². The molecular formula is C15H18N2O. The molecule has 1 heterocycles. The smallest absolute Gasteiger partial charge is 0.119 e. The van der Waals surface area contributed by atoms with Crippen LogP contribution in [0.25, 0.3) is 0 Å². The Morgan fingerprint density at radius 2 is 1.83 bits per heavy atom. The second-order valence-electron chi connectivity index (χ2n) is 4.32. The Morgan fingerprint density at radius 3 is 2.44 bits per heavy atom. The molecule has 0 amide bonds. The van der Waals surface area contributed by atoms with Crippen LogP contribution in [0.15, 0.2) is 42.5 Å². The molecule has 0 N–H and O–H groups in total. The van der Waals surface area contributed by atoms with Gasteiger partial charge in [0.2, 0.25) is 0 Å². The van der Waals surface area contributed by atoms with E-state index in [0.717, 1.165) is 29.4 Å². The highest BCUT2D eigenvalue weighted by atomic mass is 16.5. The lowest BCUT2D eigenvalue weighted by atomic mass is 10.2. The van der Waals surface area contributed by atoms with Gasteiger partial charge in [-0.1, -0.05) is 6.07 Å². The molecule has 0 aliphatic carbocycles. The summed E-state index contributed by atoms with van der Waals surface area (Å²) in [6, 6.07) is 14.1. The fourth-order valence-electron chi connectivity index (χ4n) is 1.86. The lowest BCUT2D eigenvalue weighted by Crippen LogP contribution is -2.17. The quantitative estimate of drug-likeness (QED) is 0.824. The van der Waals surface area contributed by atoms with E-state index in [-0.39, 0.29) is 0 Å². The first-order valence-corrected chi connectivity index (χ1v) is 5.97. The molecule has 0 spiro atoms. The first-order valence-electron chi connectivity index (χ1n) is 5.97. The van der Waals surface area contributed by atoms with Crippen molar-refractivity contribution >= 4 is 5.69 Å². The highest BCUT2D eigenvalue weighted by molar-refractivity contribution is 5.48. The van der Waals surface area contributed by atoms with Crippen LogP contribution >= 0.6 is 0 Å². The fraction of sp³-hybridized carbons (Fsp3) is 0.267. The molecule has 0 aliphatic heterocycles. The summed E-state index contributed by atoms with van der Waals surface area (Å²) in [4.78, 5) is 6.67. The van der Waals surface area contributed by atoms with E-state index < -0.39 is 0 Å². The number of ether oxygens (including phenoxy) is 1. The molecule has 0 fully saturated rings. The molecule has 0 atom stereocenters. The van der Waals surface area contributed by atoms with Crippen LogP contribution in [0.4, 0.5) is 5.69 Å². The average Bonchev–Trinajstić information content (AvgIpc) is 2.39. The second-order valence-corrected chi connectivity index (χ2v) is 4.32. The van der Waals surface area contributed by atoms with E-state index in [1.165, 1.54) is 0 Å². The maximum absolute atomic E-state index is 5.15. The van der Waals surface area contributed by atoms with Gasteiger partial charge in [0, 0.05) is 18.4 Å². The standard InChI is InChI=1S/C15H18N2O/c1-12-5-4-6-13(16-12)11-17(2)14-7-9-15(18-3)10-8-14/h4-10H,11H2,1-3H3. The molecule has 2 rings (SSSR count). The maximum atomic E-state index is 5.15. The van der Waals surface area contributed by atoms with E-state index in [1.807, 2.05) is 37.3 Å². The number of pyridine rings is 1. The van der Waals surface area contributed by atoms with Gasteiger partial charge in [-0.15, -0.1) is 0 Å². The molecule has 0 saturated heterocycles. The van der Waals surface area contributed by atoms with E-state index in [0.29, 0.717) is 0 Å². The summed E-state index contributed by atoms with van der Waals surface area (Å²) in [6.45, 7) is 2.81. The van der Waals surface area contributed by atoms with E-state index in [1.54, 1.807) is 7.11 Å². The zero-order chi connectivity index (χ0) is 13.0. The van der Waals surface area contributed by atoms with Crippen LogP contribution in [0, 0.1) is 6.92 Å². The highest BCUT2D eigenvalue weighted by Gasteiger charge is 2.03. The lowest BCUT2D eigenvalue weighted by Gasteiger charge is -2.19. The number of rotatable bonds is 4. The topological polar surface area (TPSA) is 25.4 Å². The molecule has 1 aromatic carbocycles. The van der Waals surface area contributed by atoms with Crippen molar-refractivity contribution in [3.05, 3.63) is 53.9 Å². The van der Waals surface area contributed by atoms with Crippen molar-refractivity contribution in [2.24, 2.45) is 0 Å². The summed E-state index contributed by atoms with van der Waals surface area (Å²) >= 11 is 0. The number of aromatic nitrogens is 1. The number of hydrogen-bond donors (Lipinski definition) is 0. The van der Waals surface area contributed by atoms with Crippen LogP contribution in [-0.2, 0) is 6.54 Å². The molecule has 94 valence electrons. The fourth-order valence-corrected chi connectivity index (χ4v) is 1.86. The third-order valence-corrected chi connectivity index (χ3v) is 2.86. The molecule has 1 aromatic heterocycles. The van der Waals surface area contributed by atoms with Gasteiger partial charge in [0.05, 0.1) is 19.3 Å². The predicted molar refractivity (Wildman–Crippen MR) is 74.1 cm³/mol. The van der Waals surface area contributed by atoms with Crippen molar-refractivity contribution in [3.8, 4) is 5.75 Å². The summed E-state index contributed by atoms with van der Waals surface area (Å²) in [5.74, 6) is 0.876. The Balaban J connectivity index is 2.09. The minimum atomic E-state index is 0.800. The summed E-state index contributed by atoms with van der Waals surface area (Å²) in [6.07, 6.45) is 0. The lowest BCUT2D eigenvalue weighted by molar-refractivity contribution is 0.415. The Bertz CT molecular complexity index is 508. The molecule has 3 heteroatoms. The van der Waals surface area contributed by atoms with E-state index >= 15 is 0 Å². The molecule has 2 aromatic rings. The van der Waals surface area contributed by atoms with Gasteiger partial charge in [-0.05, 0) is 43.3 Å². The van der Waals surface area contributed by atoms with Crippen molar-refractivity contribution in [1.29, 1.82) is 0 Å². The molecular weight excluding hydrogens is 224 g/mol. The normalized spacial score (nSPS) is 10.2. The van der Waals surface area contributed by atoms with Gasteiger partial charge < -0.3 is 9.64 Å². The molecule has 0 radical (unpaired) electrons. The summed E-state index contributed by atoms with van der Waals surface area (Å²) < 4.78 is 5.15. The van der Waals surface area contributed by atoms with Crippen LogP contribution < -0.4 is 9.64 Å². The Hall–Kier alpha value is -2.03. The third-order valence-electron chi connectivity index (χ3n) is 2.86. The van der Waals surface area contributed by atoms with Gasteiger partial charge in [-0.3, -0.25) is 4.98 Å². The molecule has 3 nitrogen and oxygen atoms in total. The van der Waals surface area contributed by atoms with Crippen molar-refractivity contribution in [1.82, 2.24) is 4.98 Å². The Morgan fingerprint density at radius 1 is 1.11 bits per heavy atom. The molecule has 0 aliphatic rings. The average molecular weight is 242 g/mol. The molecule has 0 saturated carbocycles. The largest absolute Gasteiger partial charge is 0.497 e. The Labute approximate surface area is 108 Å². The second kappa shape index (κ2) is 5.54. The minimum Gasteiger partial charge on any atom is -0.497 e. The summed E-state index contributed by atoms with van der Waals surface area (Å²) in [5, 5.41) is 0. The van der Waals surface area contributed by atoms with Crippen LogP contribution in [0.2, 0.25) is 0 Å². The number of hydrogen-bond acceptors (Lipinski definition) is 3. The maximum Gasteiger partial charge on any atom is 0.119 e. The summed E-state index contributed by atoms with van der Waals surface area (Å²) in [7, 11) is 3.74. The van der Waals surface area contributed by atoms with Gasteiger partial charge in [0.15, 0.2) is 0 Å². The van der Waals surface area contributed by atoms with Gasteiger partial charge in [0.25, 0.3) is 0 Å². The van der Waals surface area contributed by atoms with Crippen molar-refractivity contribution in [2.75, 3.05) is 19.1 Å². The monoisotopic (exact) mass is 242 g/mol. The van der Waals surface area contributed by atoms with E-state index in [4.69, 9.17) is 4.74 Å². The van der Waals surface area contributed by atoms with E-state index in [9.17, 15) is 0 Å². The first-order chi connectivity index (χ1) is 8.69. The summed E-state index contributed by atoms with van der Waals surface area (Å²) in [5.41, 5.74) is 3.28. The Kier molecular flexibility index (Phi) is 3.82. The number of methoxy groups -OCH3 is 1. The molecule has 0 unspecified atom stereocenters. The van der Waals surface area contributed by atoms with Crippen LogP contribution in [0.1, 0.15) is 11.4 Å². The van der Waals surface area contributed by atoms with Crippen LogP contribution in [-0.4, -0.2) is 19.1 Å². The van der Waals surface area contributed by atoms with Crippen LogP contribution in [0.3, 0.4) is 0 Å². The number of nitrogens with zero attached hydrogens (tertiary/aromatic N) is 2. The van der Waals surface area contributed by atoms with Crippen LogP contribution in [0.5, 0.6) is 5.75 Å². The highest BCUT2D eigenvalue weighted by Crippen LogP contribution is 2.19. The van der Waals surface area contributed by atoms with Crippen molar-refractivity contribution < 1.29 is 4.74 Å². The number of anilines is 1. The van der Waals surface area contributed by atoms with Gasteiger partial charge in [-0.2, -0.15) is 0 Å². The zero-order valence-corrected chi connectivity index (χ0v) is 11.1. The predicted octanol–water partition coefficient (Wildman–Crippen LogP) is 3.04. The van der Waals surface area contributed by atoms with Crippen molar-refractivity contribution in [3.63, 3.8) is 0 Å². The minimum absolute atomic E-state index is 0.800. The van der Waals surface area contributed by atoms with Gasteiger partial charge >= 0.3 is 0 Å². The van der Waals surface area contributed by atoms with E-state index in [2.05, 4.69) is 29.1 Å². The first kappa shape index (κ1) is 12.4. The molecule has 18 heavy (non-hydrogen) atoms. The number of aryl methyl sites for hydroxylation is 1. The van der Waals surface area contributed by atoms with Gasteiger partial charge in [-0.25, -0.2) is 0 Å². The zero-order valence-electron chi connectivity index (χ0n) is 11.1. The number of benzene rings is 1. The third kappa shape index (κ3) is 3.00. The van der Waals surface area contributed by atoms with Crippen molar-refractivity contribution in [2.45, 2.75) is 13.5 Å². The molecule has 0 bridgehead atoms. The SMILES string of the molecule is COc1ccc(N(C)Cc2cccc(C)n2)cc1.